The van der Waals surface area contributed by atoms with E-state index in [-0.39, 0.29) is 19.1 Å². The molecule has 0 spiro atoms. The first kappa shape index (κ1) is 17.4. The van der Waals surface area contributed by atoms with Crippen molar-refractivity contribution in [3.05, 3.63) is 48.0 Å². The van der Waals surface area contributed by atoms with Crippen LogP contribution >= 0.6 is 0 Å². The molecule has 24 heavy (non-hydrogen) atoms. The number of amides is 2. The highest BCUT2D eigenvalue weighted by atomic mass is 16.5. The van der Waals surface area contributed by atoms with Crippen LogP contribution in [0.15, 0.2) is 42.5 Å². The smallest absolute Gasteiger partial charge is 0.246 e. The maximum atomic E-state index is 12.2. The Morgan fingerprint density at radius 3 is 2.67 bits per heavy atom. The Bertz CT molecular complexity index is 767. The summed E-state index contributed by atoms with van der Waals surface area (Å²) in [5.74, 6) is -0.774. The second-order valence-corrected chi connectivity index (χ2v) is 5.31. The van der Waals surface area contributed by atoms with Crippen LogP contribution in [0.5, 0.6) is 0 Å². The van der Waals surface area contributed by atoms with Gasteiger partial charge in [0.2, 0.25) is 11.8 Å². The summed E-state index contributed by atoms with van der Waals surface area (Å²) in [5.41, 5.74) is 0.920. The summed E-state index contributed by atoms with van der Waals surface area (Å²) in [6.07, 6.45) is 0.331. The molecule has 0 fully saturated rings. The van der Waals surface area contributed by atoms with Gasteiger partial charge in [-0.25, -0.2) is 0 Å². The van der Waals surface area contributed by atoms with Crippen molar-refractivity contribution in [1.82, 2.24) is 10.6 Å². The Balaban J connectivity index is 2.16. The van der Waals surface area contributed by atoms with Gasteiger partial charge in [-0.1, -0.05) is 42.5 Å². The Morgan fingerprint density at radius 2 is 1.96 bits per heavy atom. The normalized spacial score (nSPS) is 11.5. The van der Waals surface area contributed by atoms with Crippen molar-refractivity contribution in [2.24, 2.45) is 0 Å². The lowest BCUT2D eigenvalue weighted by atomic mass is 10.0. The SMILES string of the molecule is COCC(=O)NC(Cc1ccc2ccccc2c1)C(=O)NCC#N. The van der Waals surface area contributed by atoms with Crippen molar-refractivity contribution in [3.8, 4) is 6.07 Å². The molecule has 0 saturated carbocycles. The highest BCUT2D eigenvalue weighted by Gasteiger charge is 2.21. The van der Waals surface area contributed by atoms with E-state index in [1.807, 2.05) is 48.5 Å². The van der Waals surface area contributed by atoms with E-state index in [0.717, 1.165) is 16.3 Å². The van der Waals surface area contributed by atoms with Gasteiger partial charge in [0.25, 0.3) is 0 Å². The molecule has 0 aliphatic rings. The standard InChI is InChI=1S/C18H19N3O3/c1-24-12-17(22)21-16(18(23)20-9-8-19)11-13-6-7-14-4-2-3-5-15(14)10-13/h2-7,10,16H,9,11-12H2,1H3,(H,20,23)(H,21,22). The van der Waals surface area contributed by atoms with Crippen LogP contribution in [0, 0.1) is 11.3 Å². The average Bonchev–Trinajstić information content (AvgIpc) is 2.59. The van der Waals surface area contributed by atoms with Crippen molar-refractivity contribution >= 4 is 22.6 Å². The van der Waals surface area contributed by atoms with E-state index in [0.29, 0.717) is 6.42 Å². The molecule has 6 heteroatoms. The third-order valence-electron chi connectivity index (χ3n) is 3.52. The molecule has 2 N–H and O–H groups in total. The molecule has 0 heterocycles. The molecule has 2 aromatic rings. The number of carbonyl (C=O) groups excluding carboxylic acids is 2. The summed E-state index contributed by atoms with van der Waals surface area (Å²) in [4.78, 5) is 23.9. The lowest BCUT2D eigenvalue weighted by Crippen LogP contribution is -2.49. The number of methoxy groups -OCH3 is 1. The van der Waals surface area contributed by atoms with E-state index in [4.69, 9.17) is 10.00 Å². The Hall–Kier alpha value is -2.91. The zero-order chi connectivity index (χ0) is 17.4. The second kappa shape index (κ2) is 8.65. The third kappa shape index (κ3) is 4.80. The number of nitrogens with zero attached hydrogens (tertiary/aromatic N) is 1. The molecule has 6 nitrogen and oxygen atoms in total. The highest BCUT2D eigenvalue weighted by molar-refractivity contribution is 5.89. The van der Waals surface area contributed by atoms with Gasteiger partial charge in [0.05, 0.1) is 6.07 Å². The lowest BCUT2D eigenvalue weighted by Gasteiger charge is -2.18. The summed E-state index contributed by atoms with van der Waals surface area (Å²) in [5, 5.41) is 15.9. The topological polar surface area (TPSA) is 91.2 Å². The molecule has 2 rings (SSSR count). The summed E-state index contributed by atoms with van der Waals surface area (Å²) in [7, 11) is 1.41. The summed E-state index contributed by atoms with van der Waals surface area (Å²) < 4.78 is 4.78. The molecular weight excluding hydrogens is 306 g/mol. The third-order valence-corrected chi connectivity index (χ3v) is 3.52. The highest BCUT2D eigenvalue weighted by Crippen LogP contribution is 2.16. The van der Waals surface area contributed by atoms with Crippen LogP contribution in [0.3, 0.4) is 0 Å². The van der Waals surface area contributed by atoms with Crippen LogP contribution in [0.2, 0.25) is 0 Å². The first-order valence-electron chi connectivity index (χ1n) is 7.54. The monoisotopic (exact) mass is 325 g/mol. The van der Waals surface area contributed by atoms with E-state index in [2.05, 4.69) is 10.6 Å². The first-order chi connectivity index (χ1) is 11.6. The quantitative estimate of drug-likeness (QED) is 0.747. The largest absolute Gasteiger partial charge is 0.375 e. The summed E-state index contributed by atoms with van der Waals surface area (Å²) in [6.45, 7) is -0.229. The van der Waals surface area contributed by atoms with Gasteiger partial charge in [-0.05, 0) is 16.3 Å². The van der Waals surface area contributed by atoms with Gasteiger partial charge in [-0.3, -0.25) is 9.59 Å². The molecule has 1 atom stereocenters. The van der Waals surface area contributed by atoms with E-state index < -0.39 is 11.9 Å². The molecule has 2 amide bonds. The molecule has 0 saturated heterocycles. The lowest BCUT2D eigenvalue weighted by molar-refractivity contribution is -0.130. The van der Waals surface area contributed by atoms with Crippen molar-refractivity contribution in [3.63, 3.8) is 0 Å². The molecule has 0 aliphatic carbocycles. The van der Waals surface area contributed by atoms with Crippen molar-refractivity contribution in [2.75, 3.05) is 20.3 Å². The van der Waals surface area contributed by atoms with E-state index in [1.54, 1.807) is 0 Å². The fraction of sp³-hybridized carbons (Fsp3) is 0.278. The van der Waals surface area contributed by atoms with E-state index >= 15 is 0 Å². The number of nitriles is 1. The Labute approximate surface area is 140 Å². The zero-order valence-corrected chi connectivity index (χ0v) is 13.4. The molecule has 0 radical (unpaired) electrons. The van der Waals surface area contributed by atoms with Gasteiger partial charge in [-0.15, -0.1) is 0 Å². The second-order valence-electron chi connectivity index (χ2n) is 5.31. The number of ether oxygens (including phenoxy) is 1. The molecule has 0 aromatic heterocycles. The zero-order valence-electron chi connectivity index (χ0n) is 13.4. The molecular formula is C18H19N3O3. The average molecular weight is 325 g/mol. The van der Waals surface area contributed by atoms with Crippen LogP contribution < -0.4 is 10.6 Å². The van der Waals surface area contributed by atoms with E-state index in [1.165, 1.54) is 7.11 Å². The van der Waals surface area contributed by atoms with Crippen molar-refractivity contribution < 1.29 is 14.3 Å². The van der Waals surface area contributed by atoms with Crippen LogP contribution in [0.4, 0.5) is 0 Å². The molecule has 0 aliphatic heterocycles. The Morgan fingerprint density at radius 1 is 1.21 bits per heavy atom. The predicted octanol–water partition coefficient (Wildman–Crippen LogP) is 1.15. The predicted molar refractivity (Wildman–Crippen MR) is 90.1 cm³/mol. The number of nitrogens with one attached hydrogen (secondary N) is 2. The van der Waals surface area contributed by atoms with Gasteiger partial charge in [0.1, 0.15) is 19.2 Å². The van der Waals surface area contributed by atoms with Crippen LogP contribution in [-0.2, 0) is 20.7 Å². The number of benzene rings is 2. The molecule has 124 valence electrons. The minimum absolute atomic E-state index is 0.104. The number of carbonyl (C=O) groups is 2. The minimum atomic E-state index is -0.762. The van der Waals surface area contributed by atoms with Gasteiger partial charge < -0.3 is 15.4 Å². The van der Waals surface area contributed by atoms with Gasteiger partial charge in [0, 0.05) is 13.5 Å². The fourth-order valence-electron chi connectivity index (χ4n) is 2.43. The minimum Gasteiger partial charge on any atom is -0.375 e. The van der Waals surface area contributed by atoms with Crippen LogP contribution in [0.25, 0.3) is 10.8 Å². The Kier molecular flexibility index (Phi) is 6.29. The van der Waals surface area contributed by atoms with Crippen LogP contribution in [0.1, 0.15) is 5.56 Å². The summed E-state index contributed by atoms with van der Waals surface area (Å²) >= 11 is 0. The van der Waals surface area contributed by atoms with Gasteiger partial charge >= 0.3 is 0 Å². The maximum absolute atomic E-state index is 12.2. The molecule has 0 bridgehead atoms. The van der Waals surface area contributed by atoms with Crippen molar-refractivity contribution in [2.45, 2.75) is 12.5 Å². The fourth-order valence-corrected chi connectivity index (χ4v) is 2.43. The maximum Gasteiger partial charge on any atom is 0.246 e. The number of fused-ring (bicyclic) bond motifs is 1. The number of hydrogen-bond acceptors (Lipinski definition) is 4. The molecule has 1 unspecified atom stereocenters. The summed E-state index contributed by atoms with van der Waals surface area (Å²) in [6, 6.07) is 14.9. The van der Waals surface area contributed by atoms with Gasteiger partial charge in [0.15, 0.2) is 0 Å². The first-order valence-corrected chi connectivity index (χ1v) is 7.54. The van der Waals surface area contributed by atoms with Crippen molar-refractivity contribution in [1.29, 1.82) is 5.26 Å². The molecule has 2 aromatic carbocycles. The van der Waals surface area contributed by atoms with Gasteiger partial charge in [-0.2, -0.15) is 5.26 Å². The van der Waals surface area contributed by atoms with E-state index in [9.17, 15) is 9.59 Å². The van der Waals surface area contributed by atoms with Crippen LogP contribution in [-0.4, -0.2) is 38.1 Å². The number of rotatable bonds is 7. The number of hydrogen-bond donors (Lipinski definition) is 2.